The fourth-order valence-corrected chi connectivity index (χ4v) is 2.41. The molecule has 2 nitrogen and oxygen atoms in total. The van der Waals surface area contributed by atoms with Crippen molar-refractivity contribution in [1.82, 2.24) is 4.98 Å². The molecule has 0 N–H and O–H groups in total. The first kappa shape index (κ1) is 12.7. The Hall–Kier alpha value is -2.33. The number of hydrogen-bond donors (Lipinski definition) is 0. The average molecular weight is 282 g/mol. The largest absolute Gasteiger partial charge is 0.227 e. The first-order valence-corrected chi connectivity index (χ1v) is 7.00. The molecule has 0 amide bonds. The number of aromatic nitrogens is 1. The molecule has 0 atom stereocenters. The quantitative estimate of drug-likeness (QED) is 0.639. The Bertz CT molecular complexity index is 718. The topological polar surface area (TPSA) is 25.2 Å². The maximum Gasteiger partial charge on any atom is 0.209 e. The molecule has 0 aliphatic rings. The van der Waals surface area contributed by atoms with E-state index in [9.17, 15) is 4.39 Å². The lowest BCUT2D eigenvalue weighted by Crippen LogP contribution is -1.81. The van der Waals surface area contributed by atoms with Gasteiger partial charge < -0.3 is 0 Å². The summed E-state index contributed by atoms with van der Waals surface area (Å²) in [4.78, 5) is 8.77. The first-order chi connectivity index (χ1) is 9.81. The predicted molar refractivity (Wildman–Crippen MR) is 81.2 cm³/mol. The third kappa shape index (κ3) is 2.97. The summed E-state index contributed by atoms with van der Waals surface area (Å²) in [5.41, 5.74) is 2.84. The Kier molecular flexibility index (Phi) is 3.65. The van der Waals surface area contributed by atoms with Gasteiger partial charge in [0.2, 0.25) is 5.13 Å². The van der Waals surface area contributed by atoms with Crippen LogP contribution in [0.4, 0.5) is 9.52 Å². The van der Waals surface area contributed by atoms with Crippen molar-refractivity contribution >= 4 is 22.7 Å². The van der Waals surface area contributed by atoms with Crippen molar-refractivity contribution < 1.29 is 4.39 Å². The van der Waals surface area contributed by atoms with Crippen LogP contribution in [0.5, 0.6) is 0 Å². The van der Waals surface area contributed by atoms with Gasteiger partial charge in [-0.1, -0.05) is 42.5 Å². The summed E-state index contributed by atoms with van der Waals surface area (Å²) in [6.07, 6.45) is 1.69. The Balaban J connectivity index is 1.79. The Morgan fingerprint density at radius 1 is 1.00 bits per heavy atom. The fourth-order valence-electron chi connectivity index (χ4n) is 1.74. The second kappa shape index (κ2) is 5.75. The molecular formula is C16H11FN2S. The van der Waals surface area contributed by atoms with Crippen LogP contribution >= 0.6 is 11.3 Å². The van der Waals surface area contributed by atoms with E-state index in [-0.39, 0.29) is 5.82 Å². The molecule has 3 rings (SSSR count). The van der Waals surface area contributed by atoms with E-state index in [0.717, 1.165) is 16.8 Å². The third-order valence-electron chi connectivity index (χ3n) is 2.76. The maximum atomic E-state index is 12.8. The molecular weight excluding hydrogens is 271 g/mol. The van der Waals surface area contributed by atoms with Gasteiger partial charge in [0, 0.05) is 17.2 Å². The zero-order chi connectivity index (χ0) is 13.8. The second-order valence-corrected chi connectivity index (χ2v) is 5.03. The molecule has 0 bridgehead atoms. The summed E-state index contributed by atoms with van der Waals surface area (Å²) in [6, 6.07) is 16.2. The number of nitrogens with zero attached hydrogens (tertiary/aromatic N) is 2. The van der Waals surface area contributed by atoms with Crippen molar-refractivity contribution in [3.05, 3.63) is 71.4 Å². The Labute approximate surface area is 120 Å². The lowest BCUT2D eigenvalue weighted by Gasteiger charge is -1.93. The van der Waals surface area contributed by atoms with Crippen molar-refractivity contribution in [1.29, 1.82) is 0 Å². The molecule has 1 aromatic heterocycles. The van der Waals surface area contributed by atoms with Gasteiger partial charge in [0.1, 0.15) is 5.82 Å². The highest BCUT2D eigenvalue weighted by molar-refractivity contribution is 7.13. The first-order valence-electron chi connectivity index (χ1n) is 6.12. The maximum absolute atomic E-state index is 12.8. The molecule has 0 saturated carbocycles. The second-order valence-electron chi connectivity index (χ2n) is 4.19. The molecule has 0 saturated heterocycles. The number of aliphatic imine (C=N–C) groups is 1. The SMILES string of the molecule is Fc1ccc(C=Nc2nc(-c3ccccc3)cs2)cc1. The summed E-state index contributed by atoms with van der Waals surface area (Å²) in [7, 11) is 0. The molecule has 0 aliphatic heterocycles. The van der Waals surface area contributed by atoms with Crippen molar-refractivity contribution in [2.24, 2.45) is 4.99 Å². The third-order valence-corrected chi connectivity index (χ3v) is 3.50. The van der Waals surface area contributed by atoms with Crippen LogP contribution in [0.15, 0.2) is 65.0 Å². The van der Waals surface area contributed by atoms with E-state index in [1.165, 1.54) is 23.5 Å². The van der Waals surface area contributed by atoms with Gasteiger partial charge in [-0.3, -0.25) is 0 Å². The summed E-state index contributed by atoms with van der Waals surface area (Å²) >= 11 is 1.48. The fraction of sp³-hybridized carbons (Fsp3) is 0. The highest BCUT2D eigenvalue weighted by Gasteiger charge is 2.02. The highest BCUT2D eigenvalue weighted by atomic mass is 32.1. The standard InChI is InChI=1S/C16H11FN2S/c17-14-8-6-12(7-9-14)10-18-16-19-15(11-20-16)13-4-2-1-3-5-13/h1-11H. The molecule has 0 aliphatic carbocycles. The van der Waals surface area contributed by atoms with Gasteiger partial charge in [-0.05, 0) is 17.7 Å². The Morgan fingerprint density at radius 3 is 2.50 bits per heavy atom. The molecule has 98 valence electrons. The molecule has 0 fully saturated rings. The van der Waals surface area contributed by atoms with Crippen LogP contribution in [0, 0.1) is 5.82 Å². The molecule has 2 aromatic carbocycles. The van der Waals surface area contributed by atoms with E-state index in [1.807, 2.05) is 35.7 Å². The van der Waals surface area contributed by atoms with Crippen LogP contribution in [0.1, 0.15) is 5.56 Å². The van der Waals surface area contributed by atoms with E-state index in [1.54, 1.807) is 18.3 Å². The van der Waals surface area contributed by atoms with Gasteiger partial charge in [-0.2, -0.15) is 0 Å². The van der Waals surface area contributed by atoms with Crippen molar-refractivity contribution in [3.63, 3.8) is 0 Å². The van der Waals surface area contributed by atoms with Crippen molar-refractivity contribution in [2.75, 3.05) is 0 Å². The minimum Gasteiger partial charge on any atom is -0.227 e. The zero-order valence-corrected chi connectivity index (χ0v) is 11.3. The smallest absolute Gasteiger partial charge is 0.209 e. The van der Waals surface area contributed by atoms with Gasteiger partial charge in [-0.15, -0.1) is 11.3 Å². The molecule has 1 heterocycles. The van der Waals surface area contributed by atoms with Gasteiger partial charge in [0.15, 0.2) is 0 Å². The van der Waals surface area contributed by atoms with Crippen LogP contribution in [-0.2, 0) is 0 Å². The van der Waals surface area contributed by atoms with E-state index in [2.05, 4.69) is 9.98 Å². The summed E-state index contributed by atoms with van der Waals surface area (Å²) in [6.45, 7) is 0. The normalized spacial score (nSPS) is 11.1. The molecule has 0 unspecified atom stereocenters. The van der Waals surface area contributed by atoms with Gasteiger partial charge >= 0.3 is 0 Å². The van der Waals surface area contributed by atoms with Gasteiger partial charge in [0.05, 0.1) is 5.69 Å². The lowest BCUT2D eigenvalue weighted by atomic mass is 10.2. The highest BCUT2D eigenvalue weighted by Crippen LogP contribution is 2.26. The Morgan fingerprint density at radius 2 is 1.75 bits per heavy atom. The van der Waals surface area contributed by atoms with Crippen LogP contribution in [0.3, 0.4) is 0 Å². The van der Waals surface area contributed by atoms with Crippen molar-refractivity contribution in [2.45, 2.75) is 0 Å². The molecule has 0 radical (unpaired) electrons. The number of rotatable bonds is 3. The van der Waals surface area contributed by atoms with E-state index in [0.29, 0.717) is 5.13 Å². The van der Waals surface area contributed by atoms with Gasteiger partial charge in [-0.25, -0.2) is 14.4 Å². The van der Waals surface area contributed by atoms with E-state index >= 15 is 0 Å². The zero-order valence-electron chi connectivity index (χ0n) is 10.5. The molecule has 0 spiro atoms. The minimum absolute atomic E-state index is 0.247. The number of halogens is 1. The van der Waals surface area contributed by atoms with Crippen molar-refractivity contribution in [3.8, 4) is 11.3 Å². The number of thiazole rings is 1. The molecule has 20 heavy (non-hydrogen) atoms. The lowest BCUT2D eigenvalue weighted by molar-refractivity contribution is 0.628. The number of hydrogen-bond acceptors (Lipinski definition) is 3. The van der Waals surface area contributed by atoms with Crippen LogP contribution in [-0.4, -0.2) is 11.2 Å². The summed E-state index contributed by atoms with van der Waals surface area (Å²) < 4.78 is 12.8. The van der Waals surface area contributed by atoms with E-state index in [4.69, 9.17) is 0 Å². The average Bonchev–Trinajstić information content (AvgIpc) is 2.97. The van der Waals surface area contributed by atoms with E-state index < -0.39 is 0 Å². The predicted octanol–water partition coefficient (Wildman–Crippen LogP) is 4.70. The van der Waals surface area contributed by atoms with Crippen LogP contribution in [0.25, 0.3) is 11.3 Å². The molecule has 3 aromatic rings. The summed E-state index contributed by atoms with van der Waals surface area (Å²) in [5.74, 6) is -0.247. The number of benzene rings is 2. The van der Waals surface area contributed by atoms with Crippen LogP contribution in [0.2, 0.25) is 0 Å². The molecule has 4 heteroatoms. The minimum atomic E-state index is -0.247. The van der Waals surface area contributed by atoms with Crippen LogP contribution < -0.4 is 0 Å². The summed E-state index contributed by atoms with van der Waals surface area (Å²) in [5, 5.41) is 2.67. The van der Waals surface area contributed by atoms with Gasteiger partial charge in [0.25, 0.3) is 0 Å². The monoisotopic (exact) mass is 282 g/mol.